The van der Waals surface area contributed by atoms with Crippen LogP contribution in [-0.4, -0.2) is 43.6 Å². The molecule has 12 heteroatoms. The molecule has 0 saturated carbocycles. The van der Waals surface area contributed by atoms with Crippen molar-refractivity contribution in [2.75, 3.05) is 12.4 Å². The van der Waals surface area contributed by atoms with E-state index in [1.165, 1.54) is 4.90 Å². The van der Waals surface area contributed by atoms with E-state index in [2.05, 4.69) is 31.4 Å². The van der Waals surface area contributed by atoms with Crippen molar-refractivity contribution in [1.29, 1.82) is 0 Å². The first-order valence-corrected chi connectivity index (χ1v) is 11.7. The molecule has 0 bridgehead atoms. The molecule has 1 amide bonds. The van der Waals surface area contributed by atoms with E-state index in [0.29, 0.717) is 5.56 Å². The third-order valence-electron chi connectivity index (χ3n) is 6.17. The predicted molar refractivity (Wildman–Crippen MR) is 126 cm³/mol. The molecule has 2 atom stereocenters. The zero-order valence-corrected chi connectivity index (χ0v) is 21.3. The van der Waals surface area contributed by atoms with Gasteiger partial charge in [-0.15, -0.1) is 0 Å². The highest BCUT2D eigenvalue weighted by atomic mass is 79.9. The summed E-state index contributed by atoms with van der Waals surface area (Å²) in [5.41, 5.74) is 2.97. The Bertz CT molecular complexity index is 1240. The Labute approximate surface area is 208 Å². The van der Waals surface area contributed by atoms with Crippen LogP contribution in [0.5, 0.6) is 0 Å². The van der Waals surface area contributed by atoms with Gasteiger partial charge in [-0.1, -0.05) is 39.7 Å². The summed E-state index contributed by atoms with van der Waals surface area (Å²) in [4.78, 5) is 14.6. The summed E-state index contributed by atoms with van der Waals surface area (Å²) in [5, 5.41) is 11.3. The number of hydrogen-bond donors (Lipinski definition) is 1. The van der Waals surface area contributed by atoms with Gasteiger partial charge in [0.25, 0.3) is 5.91 Å². The van der Waals surface area contributed by atoms with Gasteiger partial charge in [-0.05, 0) is 31.5 Å². The molecule has 0 aliphatic carbocycles. The summed E-state index contributed by atoms with van der Waals surface area (Å²) in [7, 11) is 3.36. The highest BCUT2D eigenvalue weighted by Gasteiger charge is 2.48. The quantitative estimate of drug-likeness (QED) is 0.453. The number of anilines is 1. The molecule has 34 heavy (non-hydrogen) atoms. The Hall–Kier alpha value is -2.53. The number of carbonyl (C=O) groups excluding carboxylic acids is 1. The van der Waals surface area contributed by atoms with Gasteiger partial charge < -0.3 is 10.2 Å². The number of aromatic nitrogens is 4. The lowest BCUT2D eigenvalue weighted by atomic mass is 9.97. The number of fused-ring (bicyclic) bond motifs is 1. The molecule has 3 aromatic rings. The second-order valence-electron chi connectivity index (χ2n) is 8.43. The summed E-state index contributed by atoms with van der Waals surface area (Å²) in [6, 6.07) is 4.44. The second-order valence-corrected chi connectivity index (χ2v) is 9.73. The van der Waals surface area contributed by atoms with Crippen LogP contribution in [0.25, 0.3) is 0 Å². The van der Waals surface area contributed by atoms with Crippen LogP contribution in [0.3, 0.4) is 0 Å². The summed E-state index contributed by atoms with van der Waals surface area (Å²) in [6.07, 6.45) is -4.86. The number of carbonyl (C=O) groups is 1. The third kappa shape index (κ3) is 4.43. The Balaban J connectivity index is 1.68. The van der Waals surface area contributed by atoms with Crippen LogP contribution in [0.1, 0.15) is 51.5 Å². The minimum atomic E-state index is -4.57. The number of benzene rings is 1. The molecule has 0 saturated heterocycles. The van der Waals surface area contributed by atoms with Crippen molar-refractivity contribution >= 4 is 39.3 Å². The highest BCUT2D eigenvalue weighted by Crippen LogP contribution is 2.46. The molecule has 2 aromatic heterocycles. The topological polar surface area (TPSA) is 68.0 Å². The summed E-state index contributed by atoms with van der Waals surface area (Å²) in [6.45, 7) is 3.94. The fourth-order valence-electron chi connectivity index (χ4n) is 4.18. The number of nitrogens with zero attached hydrogens (tertiary/aromatic N) is 5. The van der Waals surface area contributed by atoms with Crippen LogP contribution in [-0.2, 0) is 13.6 Å². The lowest BCUT2D eigenvalue weighted by Crippen LogP contribution is -2.36. The van der Waals surface area contributed by atoms with E-state index in [0.717, 1.165) is 26.1 Å². The number of halogens is 5. The number of aryl methyl sites for hydroxylation is 2. The van der Waals surface area contributed by atoms with Gasteiger partial charge >= 0.3 is 6.18 Å². The van der Waals surface area contributed by atoms with Crippen LogP contribution in [0.4, 0.5) is 19.0 Å². The van der Waals surface area contributed by atoms with Crippen molar-refractivity contribution in [3.05, 3.63) is 62.0 Å². The Morgan fingerprint density at radius 2 is 1.91 bits per heavy atom. The van der Waals surface area contributed by atoms with Crippen molar-refractivity contribution in [1.82, 2.24) is 24.5 Å². The Kier molecular flexibility index (Phi) is 6.45. The molecule has 3 heterocycles. The zero-order valence-electron chi connectivity index (χ0n) is 18.9. The van der Waals surface area contributed by atoms with E-state index >= 15 is 0 Å². The van der Waals surface area contributed by atoms with Gasteiger partial charge in [0, 0.05) is 42.8 Å². The number of rotatable bonds is 4. The van der Waals surface area contributed by atoms with E-state index in [-0.39, 0.29) is 29.5 Å². The van der Waals surface area contributed by atoms with Gasteiger partial charge in [-0.25, -0.2) is 4.68 Å². The van der Waals surface area contributed by atoms with E-state index in [1.807, 2.05) is 13.8 Å². The van der Waals surface area contributed by atoms with Crippen LogP contribution in [0, 0.1) is 13.8 Å². The maximum atomic E-state index is 14.0. The van der Waals surface area contributed by atoms with E-state index in [4.69, 9.17) is 11.6 Å². The van der Waals surface area contributed by atoms with Crippen molar-refractivity contribution in [2.45, 2.75) is 45.1 Å². The molecule has 7 nitrogen and oxygen atoms in total. The van der Waals surface area contributed by atoms with Crippen molar-refractivity contribution in [2.24, 2.45) is 7.05 Å². The molecule has 0 fully saturated rings. The zero-order chi connectivity index (χ0) is 24.9. The monoisotopic (exact) mass is 558 g/mol. The minimum Gasteiger partial charge on any atom is -0.362 e. The second kappa shape index (κ2) is 8.92. The van der Waals surface area contributed by atoms with E-state index in [1.54, 1.807) is 43.0 Å². The third-order valence-corrected chi connectivity index (χ3v) is 7.06. The predicted octanol–water partition coefficient (Wildman–Crippen LogP) is 5.58. The number of hydrogen-bond acceptors (Lipinski definition) is 4. The van der Waals surface area contributed by atoms with Gasteiger partial charge in [0.05, 0.1) is 11.7 Å². The van der Waals surface area contributed by atoms with Gasteiger partial charge in [0.2, 0.25) is 0 Å². The van der Waals surface area contributed by atoms with E-state index < -0.39 is 24.2 Å². The van der Waals surface area contributed by atoms with Crippen molar-refractivity contribution < 1.29 is 18.0 Å². The Morgan fingerprint density at radius 3 is 2.47 bits per heavy atom. The molecule has 1 aromatic carbocycles. The molecule has 0 spiro atoms. The summed E-state index contributed by atoms with van der Waals surface area (Å²) < 4.78 is 45.3. The maximum absolute atomic E-state index is 14.0. The van der Waals surface area contributed by atoms with Gasteiger partial charge in [0.1, 0.15) is 10.8 Å². The molecule has 1 N–H and O–H groups in total. The minimum absolute atomic E-state index is 0.0198. The molecule has 182 valence electrons. The normalized spacial score (nSPS) is 17.9. The maximum Gasteiger partial charge on any atom is 0.410 e. The largest absolute Gasteiger partial charge is 0.410 e. The molecule has 0 unspecified atom stereocenters. The average Bonchev–Trinajstić information content (AvgIpc) is 3.23. The number of nitrogens with one attached hydrogen (secondary N) is 1. The average molecular weight is 560 g/mol. The molecule has 1 aliphatic heterocycles. The molecule has 0 radical (unpaired) electrons. The summed E-state index contributed by atoms with van der Waals surface area (Å²) in [5.74, 6) is -0.592. The van der Waals surface area contributed by atoms with E-state index in [9.17, 15) is 18.0 Å². The van der Waals surface area contributed by atoms with Crippen LogP contribution < -0.4 is 5.32 Å². The van der Waals surface area contributed by atoms with Crippen LogP contribution in [0.15, 0.2) is 28.7 Å². The van der Waals surface area contributed by atoms with Gasteiger partial charge in [-0.2, -0.15) is 23.4 Å². The van der Waals surface area contributed by atoms with Crippen LogP contribution >= 0.6 is 27.5 Å². The van der Waals surface area contributed by atoms with Crippen LogP contribution in [0.2, 0.25) is 5.02 Å². The molecule has 4 rings (SSSR count). The lowest BCUT2D eigenvalue weighted by molar-refractivity contribution is -0.173. The van der Waals surface area contributed by atoms with Crippen molar-refractivity contribution in [3.63, 3.8) is 0 Å². The lowest BCUT2D eigenvalue weighted by Gasteiger charge is -2.33. The standard InChI is InChI=1S/C22H23BrClF3N6O/c1-11-15(12(2)32(4)29-11)10-31(3)21(34)19-18(24)20-28-16(13-5-7-14(23)8-6-13)9-17(22(25,26)27)33(20)30-19/h5-8,16-17,28H,9-10H2,1-4H3/t16-,17-/m1/s1. The number of alkyl halides is 3. The van der Waals surface area contributed by atoms with Gasteiger partial charge in [-0.3, -0.25) is 9.48 Å². The Morgan fingerprint density at radius 1 is 1.26 bits per heavy atom. The SMILES string of the molecule is Cc1nn(C)c(C)c1CN(C)C(=O)c1nn2c(c1Cl)N[C@@H](c1ccc(Br)cc1)C[C@@H]2C(F)(F)F. The first kappa shape index (κ1) is 24.6. The molecular formula is C22H23BrClF3N6O. The first-order valence-electron chi connectivity index (χ1n) is 10.5. The fraction of sp³-hybridized carbons (Fsp3) is 0.409. The number of amides is 1. The fourth-order valence-corrected chi connectivity index (χ4v) is 4.70. The highest BCUT2D eigenvalue weighted by molar-refractivity contribution is 9.10. The molecular weight excluding hydrogens is 537 g/mol. The summed E-state index contributed by atoms with van der Waals surface area (Å²) >= 11 is 9.79. The van der Waals surface area contributed by atoms with Crippen molar-refractivity contribution in [3.8, 4) is 0 Å². The van der Waals surface area contributed by atoms with Gasteiger partial charge in [0.15, 0.2) is 11.7 Å². The molecule has 1 aliphatic rings. The first-order chi connectivity index (χ1) is 15.9. The smallest absolute Gasteiger partial charge is 0.362 e.